The molecule has 1 aromatic carbocycles. The Kier molecular flexibility index (Phi) is 4.34. The van der Waals surface area contributed by atoms with Gasteiger partial charge >= 0.3 is 5.97 Å². The van der Waals surface area contributed by atoms with Crippen LogP contribution < -0.4 is 0 Å². The number of aryl methyl sites for hydroxylation is 2. The summed E-state index contributed by atoms with van der Waals surface area (Å²) < 4.78 is 14.0. The van der Waals surface area contributed by atoms with Crippen molar-refractivity contribution in [2.75, 3.05) is 0 Å². The predicted octanol–water partition coefficient (Wildman–Crippen LogP) is 2.22. The maximum absolute atomic E-state index is 12.3. The van der Waals surface area contributed by atoms with E-state index >= 15 is 0 Å². The van der Waals surface area contributed by atoms with Crippen molar-refractivity contribution in [3.8, 4) is 0 Å². The van der Waals surface area contributed by atoms with Crippen LogP contribution in [0, 0.1) is 6.92 Å². The third-order valence-corrected chi connectivity index (χ3v) is 4.39. The maximum Gasteiger partial charge on any atom is 0.335 e. The number of aromatic carboxylic acids is 1. The lowest BCUT2D eigenvalue weighted by Crippen LogP contribution is -2.03. The highest BCUT2D eigenvalue weighted by Gasteiger charge is 2.12. The van der Waals surface area contributed by atoms with E-state index in [-0.39, 0.29) is 5.56 Å². The summed E-state index contributed by atoms with van der Waals surface area (Å²) in [4.78, 5) is 11.6. The lowest BCUT2D eigenvalue weighted by atomic mass is 10.1. The van der Waals surface area contributed by atoms with Crippen LogP contribution in [0.2, 0.25) is 0 Å². The van der Waals surface area contributed by atoms with Crippen molar-refractivity contribution in [1.29, 1.82) is 0 Å². The SMILES string of the molecule is CCn1cc(CS(=O)c2ccc(C)c(C(=O)O)c2)cn1. The Morgan fingerprint density at radius 1 is 1.45 bits per heavy atom. The fraction of sp³-hybridized carbons (Fsp3) is 0.286. The van der Waals surface area contributed by atoms with Crippen molar-refractivity contribution >= 4 is 16.8 Å². The van der Waals surface area contributed by atoms with Crippen LogP contribution in [0.1, 0.15) is 28.4 Å². The fourth-order valence-corrected chi connectivity index (χ4v) is 2.95. The van der Waals surface area contributed by atoms with Crippen molar-refractivity contribution < 1.29 is 14.1 Å². The Morgan fingerprint density at radius 3 is 2.80 bits per heavy atom. The van der Waals surface area contributed by atoms with E-state index in [9.17, 15) is 9.00 Å². The number of carbonyl (C=O) groups is 1. The molecule has 106 valence electrons. The number of hydrogen-bond acceptors (Lipinski definition) is 3. The van der Waals surface area contributed by atoms with Gasteiger partial charge in [-0.3, -0.25) is 8.89 Å². The molecule has 20 heavy (non-hydrogen) atoms. The average Bonchev–Trinajstić information content (AvgIpc) is 2.86. The summed E-state index contributed by atoms with van der Waals surface area (Å²) in [6.45, 7) is 4.47. The lowest BCUT2D eigenvalue weighted by molar-refractivity contribution is 0.0696. The molecule has 1 unspecified atom stereocenters. The second kappa shape index (κ2) is 6.00. The molecule has 0 aliphatic heterocycles. The predicted molar refractivity (Wildman–Crippen MR) is 76.2 cm³/mol. The van der Waals surface area contributed by atoms with Gasteiger partial charge in [0.15, 0.2) is 0 Å². The number of hydrogen-bond donors (Lipinski definition) is 1. The van der Waals surface area contributed by atoms with E-state index in [0.717, 1.165) is 12.1 Å². The van der Waals surface area contributed by atoms with Gasteiger partial charge in [-0.15, -0.1) is 0 Å². The fourth-order valence-electron chi connectivity index (χ4n) is 1.86. The molecule has 5 nitrogen and oxygen atoms in total. The van der Waals surface area contributed by atoms with E-state index in [1.165, 1.54) is 6.07 Å². The first kappa shape index (κ1) is 14.5. The minimum atomic E-state index is -1.27. The lowest BCUT2D eigenvalue weighted by Gasteiger charge is -2.05. The Bertz CT molecular complexity index is 664. The van der Waals surface area contributed by atoms with E-state index < -0.39 is 16.8 Å². The van der Waals surface area contributed by atoms with Crippen LogP contribution in [0.25, 0.3) is 0 Å². The smallest absolute Gasteiger partial charge is 0.335 e. The molecule has 0 fully saturated rings. The number of rotatable bonds is 5. The van der Waals surface area contributed by atoms with Crippen molar-refractivity contribution in [2.24, 2.45) is 0 Å². The van der Waals surface area contributed by atoms with Gasteiger partial charge in [-0.2, -0.15) is 5.10 Å². The normalized spacial score (nSPS) is 12.3. The summed E-state index contributed by atoms with van der Waals surface area (Å²) in [6.07, 6.45) is 3.54. The van der Waals surface area contributed by atoms with Gasteiger partial charge < -0.3 is 5.11 Å². The van der Waals surface area contributed by atoms with Crippen LogP contribution in [0.15, 0.2) is 35.5 Å². The first-order chi connectivity index (χ1) is 9.51. The van der Waals surface area contributed by atoms with Gasteiger partial charge in [0.1, 0.15) is 0 Å². The molecule has 2 rings (SSSR count). The molecule has 0 spiro atoms. The second-order valence-electron chi connectivity index (χ2n) is 4.48. The van der Waals surface area contributed by atoms with Gasteiger partial charge in [-0.25, -0.2) is 4.79 Å². The first-order valence-electron chi connectivity index (χ1n) is 6.25. The topological polar surface area (TPSA) is 72.2 Å². The van der Waals surface area contributed by atoms with Gasteiger partial charge in [0.2, 0.25) is 0 Å². The maximum atomic E-state index is 12.3. The molecule has 0 radical (unpaired) electrons. The van der Waals surface area contributed by atoms with Crippen LogP contribution in [0.4, 0.5) is 0 Å². The van der Waals surface area contributed by atoms with E-state index in [0.29, 0.717) is 16.2 Å². The van der Waals surface area contributed by atoms with Crippen molar-refractivity contribution in [1.82, 2.24) is 9.78 Å². The van der Waals surface area contributed by atoms with E-state index in [4.69, 9.17) is 5.11 Å². The van der Waals surface area contributed by atoms with Crippen molar-refractivity contribution in [3.63, 3.8) is 0 Å². The highest BCUT2D eigenvalue weighted by Crippen LogP contribution is 2.17. The Morgan fingerprint density at radius 2 is 2.20 bits per heavy atom. The van der Waals surface area contributed by atoms with Crippen LogP contribution in [0.5, 0.6) is 0 Å². The van der Waals surface area contributed by atoms with Gasteiger partial charge in [-0.1, -0.05) is 6.07 Å². The molecule has 0 amide bonds. The number of carboxylic acids is 1. The van der Waals surface area contributed by atoms with E-state index in [1.54, 1.807) is 29.9 Å². The Hall–Kier alpha value is -1.95. The number of benzene rings is 1. The summed E-state index contributed by atoms with van der Waals surface area (Å²) in [5, 5.41) is 13.2. The molecule has 2 aromatic rings. The summed E-state index contributed by atoms with van der Waals surface area (Å²) in [5.41, 5.74) is 1.74. The molecule has 1 N–H and O–H groups in total. The van der Waals surface area contributed by atoms with Crippen LogP contribution in [-0.2, 0) is 23.1 Å². The van der Waals surface area contributed by atoms with E-state index in [2.05, 4.69) is 5.10 Å². The molecule has 0 bridgehead atoms. The van der Waals surface area contributed by atoms with Gasteiger partial charge in [0, 0.05) is 23.2 Å². The second-order valence-corrected chi connectivity index (χ2v) is 5.93. The summed E-state index contributed by atoms with van der Waals surface area (Å²) in [5.74, 6) is -0.664. The molecule has 1 heterocycles. The Balaban J connectivity index is 2.21. The Labute approximate surface area is 119 Å². The number of carboxylic acid groups (broad SMARTS) is 1. The van der Waals surface area contributed by atoms with Gasteiger partial charge in [0.05, 0.1) is 28.3 Å². The van der Waals surface area contributed by atoms with Crippen LogP contribution >= 0.6 is 0 Å². The van der Waals surface area contributed by atoms with Crippen molar-refractivity contribution in [3.05, 3.63) is 47.3 Å². The highest BCUT2D eigenvalue weighted by atomic mass is 32.2. The quantitative estimate of drug-likeness (QED) is 0.917. The molecule has 0 saturated heterocycles. The highest BCUT2D eigenvalue weighted by molar-refractivity contribution is 7.84. The third kappa shape index (κ3) is 3.14. The first-order valence-corrected chi connectivity index (χ1v) is 7.56. The van der Waals surface area contributed by atoms with Crippen molar-refractivity contribution in [2.45, 2.75) is 31.0 Å². The standard InChI is InChI=1S/C14H16N2O3S/c1-3-16-8-11(7-15-16)9-20(19)12-5-4-10(2)13(6-12)14(17)18/h4-8H,3,9H2,1-2H3,(H,17,18). The van der Waals surface area contributed by atoms with E-state index in [1.807, 2.05) is 13.1 Å². The zero-order valence-corrected chi connectivity index (χ0v) is 12.2. The molecule has 1 aromatic heterocycles. The molecule has 0 aliphatic rings. The molecular weight excluding hydrogens is 276 g/mol. The minimum absolute atomic E-state index is 0.195. The van der Waals surface area contributed by atoms with Gasteiger partial charge in [0.25, 0.3) is 0 Å². The number of aromatic nitrogens is 2. The minimum Gasteiger partial charge on any atom is -0.478 e. The summed E-state index contributed by atoms with van der Waals surface area (Å²) >= 11 is 0. The summed E-state index contributed by atoms with van der Waals surface area (Å²) in [6, 6.07) is 4.88. The third-order valence-electron chi connectivity index (χ3n) is 3.01. The zero-order valence-electron chi connectivity index (χ0n) is 11.4. The zero-order chi connectivity index (χ0) is 14.7. The molecule has 0 aliphatic carbocycles. The van der Waals surface area contributed by atoms with Crippen LogP contribution in [-0.4, -0.2) is 25.1 Å². The molecular formula is C14H16N2O3S. The summed E-state index contributed by atoms with van der Waals surface area (Å²) in [7, 11) is -1.27. The van der Waals surface area contributed by atoms with Crippen LogP contribution in [0.3, 0.4) is 0 Å². The van der Waals surface area contributed by atoms with Gasteiger partial charge in [-0.05, 0) is 31.5 Å². The number of nitrogens with zero attached hydrogens (tertiary/aromatic N) is 2. The molecule has 0 saturated carbocycles. The largest absolute Gasteiger partial charge is 0.478 e. The average molecular weight is 292 g/mol. The molecule has 6 heteroatoms. The molecule has 1 atom stereocenters. The monoisotopic (exact) mass is 292 g/mol.